The standard InChI is InChI=1S/C6H4F2N2O4/c7-4(8)2-1-3(10(13)14)6(12)9-5(2)11/h1,4H,(H2,9,11,12). The fourth-order valence-electron chi connectivity index (χ4n) is 0.826. The maximum absolute atomic E-state index is 12.1. The first kappa shape index (κ1) is 10.1. The van der Waals surface area contributed by atoms with Crippen molar-refractivity contribution >= 4 is 5.69 Å². The number of aromatic amines is 1. The first-order valence-corrected chi connectivity index (χ1v) is 3.32. The van der Waals surface area contributed by atoms with Crippen molar-refractivity contribution in [1.29, 1.82) is 0 Å². The number of alkyl halides is 2. The Labute approximate surface area is 75.0 Å². The van der Waals surface area contributed by atoms with Crippen molar-refractivity contribution in [2.24, 2.45) is 0 Å². The second kappa shape index (κ2) is 3.40. The van der Waals surface area contributed by atoms with Crippen LogP contribution in [-0.2, 0) is 0 Å². The van der Waals surface area contributed by atoms with Crippen LogP contribution in [0, 0.1) is 10.1 Å². The zero-order chi connectivity index (χ0) is 10.9. The van der Waals surface area contributed by atoms with Crippen molar-refractivity contribution in [1.82, 2.24) is 4.98 Å². The van der Waals surface area contributed by atoms with Gasteiger partial charge in [-0.1, -0.05) is 0 Å². The van der Waals surface area contributed by atoms with E-state index in [4.69, 9.17) is 5.11 Å². The van der Waals surface area contributed by atoms with Crippen molar-refractivity contribution in [3.05, 3.63) is 32.1 Å². The number of halogens is 2. The van der Waals surface area contributed by atoms with Crippen LogP contribution in [0.1, 0.15) is 12.0 Å². The molecule has 1 rings (SSSR count). The molecule has 0 atom stereocenters. The van der Waals surface area contributed by atoms with E-state index in [9.17, 15) is 23.7 Å². The predicted molar refractivity (Wildman–Crippen MR) is 40.3 cm³/mol. The molecule has 0 aliphatic heterocycles. The molecule has 1 aromatic rings. The van der Waals surface area contributed by atoms with E-state index < -0.39 is 34.0 Å². The van der Waals surface area contributed by atoms with Crippen LogP contribution in [0.25, 0.3) is 0 Å². The van der Waals surface area contributed by atoms with E-state index in [0.717, 1.165) is 0 Å². The molecule has 6 nitrogen and oxygen atoms in total. The highest BCUT2D eigenvalue weighted by molar-refractivity contribution is 5.42. The average molecular weight is 206 g/mol. The molecule has 0 bridgehead atoms. The van der Waals surface area contributed by atoms with Gasteiger partial charge in [0.15, 0.2) is 0 Å². The van der Waals surface area contributed by atoms with Gasteiger partial charge in [-0.15, -0.1) is 0 Å². The summed E-state index contributed by atoms with van der Waals surface area (Å²) in [5.41, 5.74) is -3.25. The van der Waals surface area contributed by atoms with Gasteiger partial charge in [0.2, 0.25) is 0 Å². The molecule has 0 aliphatic rings. The molecule has 0 saturated heterocycles. The van der Waals surface area contributed by atoms with Crippen LogP contribution >= 0.6 is 0 Å². The minimum absolute atomic E-state index is 0.346. The van der Waals surface area contributed by atoms with E-state index in [2.05, 4.69) is 0 Å². The van der Waals surface area contributed by atoms with E-state index in [1.807, 2.05) is 0 Å². The molecule has 0 fully saturated rings. The lowest BCUT2D eigenvalue weighted by Gasteiger charge is -1.99. The Morgan fingerprint density at radius 3 is 2.57 bits per heavy atom. The smallest absolute Gasteiger partial charge is 0.329 e. The molecule has 2 N–H and O–H groups in total. The number of aromatic nitrogens is 1. The van der Waals surface area contributed by atoms with Crippen LogP contribution in [0.4, 0.5) is 14.5 Å². The number of nitrogens with zero attached hydrogens (tertiary/aromatic N) is 1. The summed E-state index contributed by atoms with van der Waals surface area (Å²) in [5.74, 6) is -1.04. The van der Waals surface area contributed by atoms with Gasteiger partial charge in [-0.3, -0.25) is 19.9 Å². The largest absolute Gasteiger partial charge is 0.490 e. The minimum atomic E-state index is -3.13. The van der Waals surface area contributed by atoms with Crippen molar-refractivity contribution in [3.8, 4) is 5.88 Å². The fourth-order valence-corrected chi connectivity index (χ4v) is 0.826. The highest BCUT2D eigenvalue weighted by Gasteiger charge is 2.21. The van der Waals surface area contributed by atoms with Crippen molar-refractivity contribution < 1.29 is 18.8 Å². The second-order valence-corrected chi connectivity index (χ2v) is 2.35. The Morgan fingerprint density at radius 1 is 1.57 bits per heavy atom. The van der Waals surface area contributed by atoms with Gasteiger partial charge in [0.05, 0.1) is 10.5 Å². The fraction of sp³-hybridized carbons (Fsp3) is 0.167. The van der Waals surface area contributed by atoms with Crippen molar-refractivity contribution in [2.45, 2.75) is 6.43 Å². The zero-order valence-electron chi connectivity index (χ0n) is 6.53. The molecule has 8 heteroatoms. The molecular weight excluding hydrogens is 202 g/mol. The van der Waals surface area contributed by atoms with Crippen molar-refractivity contribution in [3.63, 3.8) is 0 Å². The monoisotopic (exact) mass is 206 g/mol. The summed E-state index contributed by atoms with van der Waals surface area (Å²) in [6, 6.07) is 0.346. The Kier molecular flexibility index (Phi) is 2.45. The first-order chi connectivity index (χ1) is 6.43. The summed E-state index contributed by atoms with van der Waals surface area (Å²) >= 11 is 0. The maximum Gasteiger partial charge on any atom is 0.329 e. The molecule has 14 heavy (non-hydrogen) atoms. The number of hydrogen-bond acceptors (Lipinski definition) is 4. The van der Waals surface area contributed by atoms with Crippen LogP contribution in [0.5, 0.6) is 5.88 Å². The first-order valence-electron chi connectivity index (χ1n) is 3.32. The van der Waals surface area contributed by atoms with Gasteiger partial charge in [0.1, 0.15) is 0 Å². The topological polar surface area (TPSA) is 96.2 Å². The minimum Gasteiger partial charge on any atom is -0.490 e. The van der Waals surface area contributed by atoms with Gasteiger partial charge in [-0.05, 0) is 0 Å². The molecule has 0 aromatic carbocycles. The Morgan fingerprint density at radius 2 is 2.14 bits per heavy atom. The third-order valence-electron chi connectivity index (χ3n) is 1.46. The quantitative estimate of drug-likeness (QED) is 0.555. The lowest BCUT2D eigenvalue weighted by atomic mass is 10.2. The van der Waals surface area contributed by atoms with Crippen LogP contribution in [0.3, 0.4) is 0 Å². The third-order valence-corrected chi connectivity index (χ3v) is 1.46. The molecule has 76 valence electrons. The number of nitro groups is 1. The summed E-state index contributed by atoms with van der Waals surface area (Å²) in [6.45, 7) is 0. The van der Waals surface area contributed by atoms with Crippen LogP contribution in [0.15, 0.2) is 10.9 Å². The van der Waals surface area contributed by atoms with Gasteiger partial charge >= 0.3 is 5.69 Å². The lowest BCUT2D eigenvalue weighted by molar-refractivity contribution is -0.386. The number of rotatable bonds is 2. The lowest BCUT2D eigenvalue weighted by Crippen LogP contribution is -2.13. The molecule has 0 aliphatic carbocycles. The number of H-pyrrole nitrogens is 1. The van der Waals surface area contributed by atoms with Gasteiger partial charge in [-0.2, -0.15) is 0 Å². The summed E-state index contributed by atoms with van der Waals surface area (Å²) in [5, 5.41) is 19.0. The molecule has 0 saturated carbocycles. The molecule has 0 radical (unpaired) electrons. The molecule has 1 heterocycles. The third kappa shape index (κ3) is 1.68. The van der Waals surface area contributed by atoms with Gasteiger partial charge in [0.25, 0.3) is 17.9 Å². The van der Waals surface area contributed by atoms with E-state index >= 15 is 0 Å². The van der Waals surface area contributed by atoms with E-state index in [-0.39, 0.29) is 0 Å². The molecular formula is C6H4F2N2O4. The average Bonchev–Trinajstić information content (AvgIpc) is 2.02. The van der Waals surface area contributed by atoms with Crippen molar-refractivity contribution in [2.75, 3.05) is 0 Å². The highest BCUT2D eigenvalue weighted by atomic mass is 19.3. The van der Waals surface area contributed by atoms with Crippen LogP contribution in [0.2, 0.25) is 0 Å². The predicted octanol–water partition coefficient (Wildman–Crippen LogP) is 0.926. The van der Waals surface area contributed by atoms with E-state index in [1.165, 1.54) is 0 Å². The summed E-state index contributed by atoms with van der Waals surface area (Å²) in [7, 11) is 0. The molecule has 0 amide bonds. The Bertz CT molecular complexity index is 428. The van der Waals surface area contributed by atoms with Crippen LogP contribution in [-0.4, -0.2) is 15.0 Å². The molecule has 1 aromatic heterocycles. The highest BCUT2D eigenvalue weighted by Crippen LogP contribution is 2.25. The number of pyridine rings is 1. The van der Waals surface area contributed by atoms with Gasteiger partial charge in [-0.25, -0.2) is 8.78 Å². The second-order valence-electron chi connectivity index (χ2n) is 2.35. The molecule has 0 spiro atoms. The summed E-state index contributed by atoms with van der Waals surface area (Å²) in [6.07, 6.45) is -3.13. The number of hydrogen-bond donors (Lipinski definition) is 2. The number of nitrogens with one attached hydrogen (secondary N) is 1. The maximum atomic E-state index is 12.1. The normalized spacial score (nSPS) is 10.5. The summed E-state index contributed by atoms with van der Waals surface area (Å²) < 4.78 is 24.2. The summed E-state index contributed by atoms with van der Waals surface area (Å²) in [4.78, 5) is 21.4. The van der Waals surface area contributed by atoms with Gasteiger partial charge < -0.3 is 5.11 Å². The Hall–Kier alpha value is -1.99. The van der Waals surface area contributed by atoms with Crippen LogP contribution < -0.4 is 5.56 Å². The van der Waals surface area contributed by atoms with E-state index in [1.54, 1.807) is 4.98 Å². The number of aromatic hydroxyl groups is 1. The SMILES string of the molecule is O=c1[nH]c(O)c([N+](=O)[O-])cc1C(F)F. The van der Waals surface area contributed by atoms with E-state index in [0.29, 0.717) is 6.07 Å². The molecule has 0 unspecified atom stereocenters. The Balaban J connectivity index is 3.42. The zero-order valence-corrected chi connectivity index (χ0v) is 6.53. The van der Waals surface area contributed by atoms with Gasteiger partial charge in [0, 0.05) is 6.07 Å².